The maximum Gasteiger partial charge on any atom is 0.208 e. The number of sulfonamides is 1. The first-order chi connectivity index (χ1) is 15.6. The standard InChI is InChI=1S/C20H26N6O4S3/c1-12-14(6-9-31-20-25-17(21)11-18(22)26-20)24-19(32-12)13-4-5-15(29-2)16(10-13)30-8-7-23-33(3,27)28/h4-5,10-11,23H,6-9H2,1-3H3,(H4,21,22,25,26). The number of nitrogens with one attached hydrogen (secondary N) is 1. The third kappa shape index (κ3) is 7.45. The van der Waals surface area contributed by atoms with E-state index in [-0.39, 0.29) is 13.2 Å². The van der Waals surface area contributed by atoms with Crippen LogP contribution in [0.25, 0.3) is 10.6 Å². The lowest BCUT2D eigenvalue weighted by Gasteiger charge is -2.12. The molecule has 0 fully saturated rings. The number of thiazole rings is 1. The Bertz CT molecular complexity index is 1200. The molecule has 0 radical (unpaired) electrons. The predicted octanol–water partition coefficient (Wildman–Crippen LogP) is 2.34. The number of hydrogen-bond acceptors (Lipinski definition) is 11. The summed E-state index contributed by atoms with van der Waals surface area (Å²) in [6.45, 7) is 2.36. The molecule has 33 heavy (non-hydrogen) atoms. The zero-order valence-electron chi connectivity index (χ0n) is 18.5. The number of ether oxygens (including phenoxy) is 2. The van der Waals surface area contributed by atoms with Gasteiger partial charge in [-0.25, -0.2) is 28.1 Å². The van der Waals surface area contributed by atoms with Crippen molar-refractivity contribution in [2.45, 2.75) is 18.5 Å². The molecule has 178 valence electrons. The van der Waals surface area contributed by atoms with Crippen LogP contribution in [0.15, 0.2) is 29.4 Å². The highest BCUT2D eigenvalue weighted by Crippen LogP contribution is 2.35. The van der Waals surface area contributed by atoms with Gasteiger partial charge in [-0.2, -0.15) is 0 Å². The number of thioether (sulfide) groups is 1. The topological polar surface area (TPSA) is 155 Å². The van der Waals surface area contributed by atoms with E-state index >= 15 is 0 Å². The third-order valence-electron chi connectivity index (χ3n) is 4.34. The molecule has 0 atom stereocenters. The van der Waals surface area contributed by atoms with Crippen molar-refractivity contribution in [1.29, 1.82) is 0 Å². The fourth-order valence-corrected chi connectivity index (χ4v) is 5.09. The number of methoxy groups -OCH3 is 1. The van der Waals surface area contributed by atoms with Gasteiger partial charge in [0.15, 0.2) is 16.7 Å². The van der Waals surface area contributed by atoms with Crippen molar-refractivity contribution in [3.05, 3.63) is 34.8 Å². The summed E-state index contributed by atoms with van der Waals surface area (Å²) in [6, 6.07) is 7.10. The Morgan fingerprint density at radius 1 is 1.12 bits per heavy atom. The van der Waals surface area contributed by atoms with Gasteiger partial charge in [-0.15, -0.1) is 11.3 Å². The lowest BCUT2D eigenvalue weighted by molar-refractivity contribution is 0.299. The Morgan fingerprint density at radius 2 is 1.85 bits per heavy atom. The van der Waals surface area contributed by atoms with Gasteiger partial charge in [0.25, 0.3) is 0 Å². The maximum absolute atomic E-state index is 11.2. The fourth-order valence-electron chi connectivity index (χ4n) is 2.86. The van der Waals surface area contributed by atoms with Crippen molar-refractivity contribution in [2.75, 3.05) is 43.7 Å². The predicted molar refractivity (Wildman–Crippen MR) is 132 cm³/mol. The first kappa shape index (κ1) is 25.0. The first-order valence-electron chi connectivity index (χ1n) is 9.89. The second kappa shape index (κ2) is 11.0. The molecule has 1 aromatic carbocycles. The minimum Gasteiger partial charge on any atom is -0.493 e. The number of hydrogen-bond donors (Lipinski definition) is 3. The average molecular weight is 511 g/mol. The van der Waals surface area contributed by atoms with E-state index in [0.717, 1.165) is 39.6 Å². The van der Waals surface area contributed by atoms with Crippen LogP contribution in [0.1, 0.15) is 10.6 Å². The molecule has 0 spiro atoms. The number of aryl methyl sites for hydroxylation is 2. The Labute approximate surface area is 201 Å². The van der Waals surface area contributed by atoms with Crippen LogP contribution in [-0.4, -0.2) is 55.6 Å². The monoisotopic (exact) mass is 510 g/mol. The average Bonchev–Trinajstić information content (AvgIpc) is 3.10. The lowest BCUT2D eigenvalue weighted by atomic mass is 10.2. The van der Waals surface area contributed by atoms with Crippen molar-refractivity contribution in [3.63, 3.8) is 0 Å². The third-order valence-corrected chi connectivity index (χ3v) is 6.98. The highest BCUT2D eigenvalue weighted by molar-refractivity contribution is 7.99. The van der Waals surface area contributed by atoms with Crippen LogP contribution in [0, 0.1) is 6.92 Å². The van der Waals surface area contributed by atoms with Gasteiger partial charge in [0.05, 0.1) is 19.1 Å². The molecule has 3 aromatic rings. The molecule has 0 saturated heterocycles. The van der Waals surface area contributed by atoms with Gasteiger partial charge in [0.1, 0.15) is 23.3 Å². The number of aromatic nitrogens is 3. The number of rotatable bonds is 11. The molecule has 13 heteroatoms. The largest absolute Gasteiger partial charge is 0.493 e. The lowest BCUT2D eigenvalue weighted by Crippen LogP contribution is -2.26. The molecule has 0 aliphatic rings. The van der Waals surface area contributed by atoms with Gasteiger partial charge >= 0.3 is 0 Å². The molecule has 5 N–H and O–H groups in total. The number of benzene rings is 1. The quantitative estimate of drug-likeness (QED) is 0.199. The van der Waals surface area contributed by atoms with E-state index in [9.17, 15) is 8.42 Å². The molecule has 0 bridgehead atoms. The molecule has 0 amide bonds. The van der Waals surface area contributed by atoms with Crippen molar-refractivity contribution in [1.82, 2.24) is 19.7 Å². The van der Waals surface area contributed by atoms with E-state index in [0.29, 0.717) is 28.3 Å². The summed E-state index contributed by atoms with van der Waals surface area (Å²) >= 11 is 3.07. The Hall–Kier alpha value is -2.61. The van der Waals surface area contributed by atoms with Crippen molar-refractivity contribution in [2.24, 2.45) is 0 Å². The van der Waals surface area contributed by atoms with E-state index < -0.39 is 10.0 Å². The van der Waals surface area contributed by atoms with Gasteiger partial charge in [-0.1, -0.05) is 11.8 Å². The second-order valence-electron chi connectivity index (χ2n) is 7.00. The Kier molecular flexibility index (Phi) is 8.35. The van der Waals surface area contributed by atoms with Gasteiger partial charge in [0.2, 0.25) is 10.0 Å². The van der Waals surface area contributed by atoms with Crippen molar-refractivity contribution >= 4 is 44.8 Å². The number of nitrogens with two attached hydrogens (primary N) is 2. The van der Waals surface area contributed by atoms with E-state index in [1.165, 1.54) is 17.8 Å². The van der Waals surface area contributed by atoms with Crippen LogP contribution in [0.3, 0.4) is 0 Å². The highest BCUT2D eigenvalue weighted by atomic mass is 32.2. The summed E-state index contributed by atoms with van der Waals surface area (Å²) in [7, 11) is -1.72. The zero-order chi connectivity index (χ0) is 24.0. The summed E-state index contributed by atoms with van der Waals surface area (Å²) in [5.41, 5.74) is 13.3. The van der Waals surface area contributed by atoms with Gasteiger partial charge < -0.3 is 20.9 Å². The van der Waals surface area contributed by atoms with Crippen LogP contribution in [0.5, 0.6) is 11.5 Å². The summed E-state index contributed by atoms with van der Waals surface area (Å²) in [6.07, 6.45) is 1.84. The van der Waals surface area contributed by atoms with Crippen LogP contribution in [-0.2, 0) is 16.4 Å². The summed E-state index contributed by atoms with van der Waals surface area (Å²) < 4.78 is 35.9. The molecule has 3 rings (SSSR count). The van der Waals surface area contributed by atoms with Crippen molar-refractivity contribution in [3.8, 4) is 22.1 Å². The molecule has 0 aliphatic carbocycles. The van der Waals surface area contributed by atoms with Gasteiger partial charge in [-0.3, -0.25) is 0 Å². The first-order valence-corrected chi connectivity index (χ1v) is 13.6. The fraction of sp³-hybridized carbons (Fsp3) is 0.350. The molecule has 2 heterocycles. The summed E-state index contributed by atoms with van der Waals surface area (Å²) in [5.74, 6) is 2.51. The minimum absolute atomic E-state index is 0.160. The summed E-state index contributed by atoms with van der Waals surface area (Å²) in [4.78, 5) is 14.3. The smallest absolute Gasteiger partial charge is 0.208 e. The molecule has 0 saturated carbocycles. The van der Waals surface area contributed by atoms with Crippen molar-refractivity contribution < 1.29 is 17.9 Å². The molecule has 2 aromatic heterocycles. The number of anilines is 2. The zero-order valence-corrected chi connectivity index (χ0v) is 20.9. The molecule has 10 nitrogen and oxygen atoms in total. The van der Waals surface area contributed by atoms with E-state index in [4.69, 9.17) is 25.9 Å². The van der Waals surface area contributed by atoms with Crippen LogP contribution < -0.4 is 25.7 Å². The Balaban J connectivity index is 1.67. The van der Waals surface area contributed by atoms with Crippen LogP contribution in [0.2, 0.25) is 0 Å². The highest BCUT2D eigenvalue weighted by Gasteiger charge is 2.14. The number of nitrogens with zero attached hydrogens (tertiary/aromatic N) is 3. The van der Waals surface area contributed by atoms with Gasteiger partial charge in [0, 0.05) is 35.2 Å². The normalized spacial score (nSPS) is 11.5. The van der Waals surface area contributed by atoms with Gasteiger partial charge in [-0.05, 0) is 25.1 Å². The SMILES string of the molecule is COc1ccc(-c2nc(CCSc3nc(N)cc(N)n3)c(C)s2)cc1OCCNS(C)(=O)=O. The molecular formula is C20H26N6O4S3. The van der Waals surface area contributed by atoms with E-state index in [2.05, 4.69) is 14.7 Å². The summed E-state index contributed by atoms with van der Waals surface area (Å²) in [5, 5.41) is 1.40. The molecule has 0 aliphatic heterocycles. The maximum atomic E-state index is 11.2. The molecular weight excluding hydrogens is 484 g/mol. The van der Waals surface area contributed by atoms with Crippen LogP contribution in [0.4, 0.5) is 11.6 Å². The molecule has 0 unspecified atom stereocenters. The van der Waals surface area contributed by atoms with Crippen LogP contribution >= 0.6 is 23.1 Å². The number of nitrogen functional groups attached to an aromatic ring is 2. The minimum atomic E-state index is -3.27. The Morgan fingerprint density at radius 3 is 2.52 bits per heavy atom. The van der Waals surface area contributed by atoms with E-state index in [1.54, 1.807) is 18.4 Å². The second-order valence-corrected chi connectivity index (χ2v) is 11.1. The van der Waals surface area contributed by atoms with E-state index in [1.807, 2.05) is 25.1 Å².